The molecule has 58 valence electrons. The van der Waals surface area contributed by atoms with Crippen LogP contribution in [0, 0.1) is 0 Å². The second kappa shape index (κ2) is 15.7. The number of hydrogen-bond donors (Lipinski definition) is 0. The van der Waals surface area contributed by atoms with Crippen molar-refractivity contribution in [2.45, 2.75) is 0 Å². The largest absolute Gasteiger partial charge is 0.501 e. The molecular formula is C8H13ClO. The van der Waals surface area contributed by atoms with Gasteiger partial charge in [0.25, 0.3) is 0 Å². The van der Waals surface area contributed by atoms with Crippen LogP contribution >= 0.6 is 11.6 Å². The lowest BCUT2D eigenvalue weighted by Gasteiger charge is -1.89. The molecule has 0 aliphatic heterocycles. The number of hydrogen-bond acceptors (Lipinski definition) is 1. The Morgan fingerprint density at radius 3 is 1.80 bits per heavy atom. The number of allylic oxidation sites excluding steroid dienone is 2. The first-order valence-corrected chi connectivity index (χ1v) is 3.38. The van der Waals surface area contributed by atoms with E-state index in [1.54, 1.807) is 12.2 Å². The fourth-order valence-electron chi connectivity index (χ4n) is 0.128. The molecule has 0 heterocycles. The summed E-state index contributed by atoms with van der Waals surface area (Å²) in [7, 11) is 0. The van der Waals surface area contributed by atoms with Gasteiger partial charge in [-0.25, -0.2) is 0 Å². The van der Waals surface area contributed by atoms with E-state index in [9.17, 15) is 0 Å². The van der Waals surface area contributed by atoms with Gasteiger partial charge in [-0.2, -0.15) is 0 Å². The molecule has 2 heteroatoms. The lowest BCUT2D eigenvalue weighted by molar-refractivity contribution is 0.273. The summed E-state index contributed by atoms with van der Waals surface area (Å²) in [5.41, 5.74) is 0. The van der Waals surface area contributed by atoms with Gasteiger partial charge in [0.15, 0.2) is 0 Å². The normalized spacial score (nSPS) is 6.50. The van der Waals surface area contributed by atoms with Gasteiger partial charge < -0.3 is 4.74 Å². The standard InChI is InChI=1S/C4H7ClO.C4H6/c1-2-6-4-3-5;1-3-4-2/h2H,1,3-4H2;3-4H,1-2H2. The van der Waals surface area contributed by atoms with Crippen LogP contribution in [0.2, 0.25) is 0 Å². The molecule has 10 heavy (non-hydrogen) atoms. The molecule has 0 spiro atoms. The summed E-state index contributed by atoms with van der Waals surface area (Å²) < 4.78 is 4.61. The topological polar surface area (TPSA) is 9.23 Å². The highest BCUT2D eigenvalue weighted by Gasteiger charge is 1.70. The summed E-state index contributed by atoms with van der Waals surface area (Å²) in [6, 6.07) is 0. The number of halogens is 1. The summed E-state index contributed by atoms with van der Waals surface area (Å²) in [5, 5.41) is 0. The number of ether oxygens (including phenoxy) is 1. The summed E-state index contributed by atoms with van der Waals surface area (Å²) in [5.74, 6) is 0.534. The second-order valence-electron chi connectivity index (χ2n) is 1.20. The first-order chi connectivity index (χ1) is 4.83. The summed E-state index contributed by atoms with van der Waals surface area (Å²) in [4.78, 5) is 0. The minimum Gasteiger partial charge on any atom is -0.501 e. The zero-order valence-corrected chi connectivity index (χ0v) is 6.81. The van der Waals surface area contributed by atoms with Crippen LogP contribution in [0.5, 0.6) is 0 Å². The Balaban J connectivity index is 0. The van der Waals surface area contributed by atoms with Crippen molar-refractivity contribution in [3.8, 4) is 0 Å². The van der Waals surface area contributed by atoms with E-state index in [0.717, 1.165) is 0 Å². The first-order valence-electron chi connectivity index (χ1n) is 2.85. The van der Waals surface area contributed by atoms with E-state index in [1.165, 1.54) is 6.26 Å². The lowest BCUT2D eigenvalue weighted by Crippen LogP contribution is -1.84. The number of alkyl halides is 1. The van der Waals surface area contributed by atoms with Gasteiger partial charge >= 0.3 is 0 Å². The highest BCUT2D eigenvalue weighted by atomic mass is 35.5. The lowest BCUT2D eigenvalue weighted by atomic mass is 10.6. The molecule has 0 aliphatic rings. The van der Waals surface area contributed by atoms with E-state index < -0.39 is 0 Å². The molecular weight excluding hydrogens is 148 g/mol. The zero-order valence-electron chi connectivity index (χ0n) is 6.05. The Bertz CT molecular complexity index is 83.3. The van der Waals surface area contributed by atoms with Crippen molar-refractivity contribution < 1.29 is 4.74 Å². The molecule has 0 saturated heterocycles. The van der Waals surface area contributed by atoms with Gasteiger partial charge in [-0.15, -0.1) is 11.6 Å². The van der Waals surface area contributed by atoms with Gasteiger partial charge in [-0.05, 0) is 0 Å². The smallest absolute Gasteiger partial charge is 0.101 e. The molecule has 0 radical (unpaired) electrons. The third-order valence-electron chi connectivity index (χ3n) is 0.480. The van der Waals surface area contributed by atoms with Crippen LogP contribution in [-0.2, 0) is 4.74 Å². The maximum absolute atomic E-state index is 5.21. The van der Waals surface area contributed by atoms with E-state index in [1.807, 2.05) is 0 Å². The molecule has 0 aromatic rings. The summed E-state index contributed by atoms with van der Waals surface area (Å²) >= 11 is 5.21. The van der Waals surface area contributed by atoms with Gasteiger partial charge in [0.1, 0.15) is 6.61 Å². The fraction of sp³-hybridized carbons (Fsp3) is 0.250. The van der Waals surface area contributed by atoms with Gasteiger partial charge in [0.05, 0.1) is 12.1 Å². The SMILES string of the molecule is C=CC=C.C=COCCCl. The van der Waals surface area contributed by atoms with Gasteiger partial charge in [0, 0.05) is 0 Å². The summed E-state index contributed by atoms with van der Waals surface area (Å²) in [6.07, 6.45) is 4.66. The van der Waals surface area contributed by atoms with E-state index in [4.69, 9.17) is 11.6 Å². The molecule has 0 amide bonds. The Morgan fingerprint density at radius 2 is 1.70 bits per heavy atom. The van der Waals surface area contributed by atoms with Crippen LogP contribution in [0.1, 0.15) is 0 Å². The van der Waals surface area contributed by atoms with E-state index in [2.05, 4.69) is 24.5 Å². The average Bonchev–Trinajstić information content (AvgIpc) is 2.01. The van der Waals surface area contributed by atoms with Gasteiger partial charge in [-0.3, -0.25) is 0 Å². The Hall–Kier alpha value is -0.690. The summed E-state index contributed by atoms with van der Waals surface area (Å²) in [6.45, 7) is 10.6. The van der Waals surface area contributed by atoms with Crippen molar-refractivity contribution in [2.24, 2.45) is 0 Å². The predicted octanol–water partition coefficient (Wildman–Crippen LogP) is 2.74. The van der Waals surface area contributed by atoms with Crippen molar-refractivity contribution >= 4 is 11.6 Å². The highest BCUT2D eigenvalue weighted by Crippen LogP contribution is 1.75. The molecule has 1 nitrogen and oxygen atoms in total. The van der Waals surface area contributed by atoms with Crippen molar-refractivity contribution in [1.82, 2.24) is 0 Å². The van der Waals surface area contributed by atoms with Gasteiger partial charge in [0.2, 0.25) is 0 Å². The van der Waals surface area contributed by atoms with E-state index >= 15 is 0 Å². The van der Waals surface area contributed by atoms with Crippen molar-refractivity contribution in [2.75, 3.05) is 12.5 Å². The highest BCUT2D eigenvalue weighted by molar-refractivity contribution is 6.17. The van der Waals surface area contributed by atoms with Crippen molar-refractivity contribution in [3.63, 3.8) is 0 Å². The van der Waals surface area contributed by atoms with E-state index in [-0.39, 0.29) is 0 Å². The van der Waals surface area contributed by atoms with Crippen LogP contribution in [0.3, 0.4) is 0 Å². The minimum absolute atomic E-state index is 0.534. The second-order valence-corrected chi connectivity index (χ2v) is 1.58. The molecule has 0 N–H and O–H groups in total. The third-order valence-corrected chi connectivity index (χ3v) is 0.634. The molecule has 0 unspecified atom stereocenters. The quantitative estimate of drug-likeness (QED) is 0.266. The molecule has 0 bridgehead atoms. The maximum Gasteiger partial charge on any atom is 0.101 e. The van der Waals surface area contributed by atoms with Crippen molar-refractivity contribution in [1.29, 1.82) is 0 Å². The van der Waals surface area contributed by atoms with Crippen LogP contribution in [0.15, 0.2) is 38.2 Å². The molecule has 0 aromatic carbocycles. The van der Waals surface area contributed by atoms with Crippen LogP contribution in [0.25, 0.3) is 0 Å². The predicted molar refractivity (Wildman–Crippen MR) is 47.3 cm³/mol. The third kappa shape index (κ3) is 26.6. The molecule has 0 saturated carbocycles. The average molecular weight is 161 g/mol. The Kier molecular flexibility index (Phi) is 18.9. The Labute approximate surface area is 67.6 Å². The van der Waals surface area contributed by atoms with Gasteiger partial charge in [-0.1, -0.05) is 31.9 Å². The monoisotopic (exact) mass is 160 g/mol. The molecule has 0 rings (SSSR count). The molecule has 0 aliphatic carbocycles. The van der Waals surface area contributed by atoms with E-state index in [0.29, 0.717) is 12.5 Å². The zero-order chi connectivity index (χ0) is 8.24. The maximum atomic E-state index is 5.21. The van der Waals surface area contributed by atoms with Crippen LogP contribution in [-0.4, -0.2) is 12.5 Å². The number of rotatable bonds is 4. The molecule has 0 aromatic heterocycles. The minimum atomic E-state index is 0.534. The van der Waals surface area contributed by atoms with Crippen LogP contribution in [0.4, 0.5) is 0 Å². The Morgan fingerprint density at radius 1 is 1.20 bits per heavy atom. The fourth-order valence-corrected chi connectivity index (χ4v) is 0.217. The van der Waals surface area contributed by atoms with Crippen molar-refractivity contribution in [3.05, 3.63) is 38.2 Å². The molecule has 0 atom stereocenters. The van der Waals surface area contributed by atoms with Crippen LogP contribution < -0.4 is 0 Å². The first kappa shape index (κ1) is 12.0. The molecule has 0 fully saturated rings.